The van der Waals surface area contributed by atoms with E-state index < -0.39 is 0 Å². The summed E-state index contributed by atoms with van der Waals surface area (Å²) < 4.78 is 2.18. The molecule has 3 nitrogen and oxygen atoms in total. The predicted molar refractivity (Wildman–Crippen MR) is 91.1 cm³/mol. The molecule has 0 aromatic carbocycles. The molecule has 0 aliphatic carbocycles. The van der Waals surface area contributed by atoms with Crippen LogP contribution in [0.3, 0.4) is 0 Å². The van der Waals surface area contributed by atoms with E-state index in [1.54, 1.807) is 0 Å². The van der Waals surface area contributed by atoms with E-state index in [-0.39, 0.29) is 0 Å². The molecule has 2 aromatic rings. The number of hydrogen-bond acceptors (Lipinski definition) is 2. The molecule has 1 N–H and O–H groups in total. The molecule has 0 aliphatic rings. The molecule has 2 rings (SSSR count). The van der Waals surface area contributed by atoms with Gasteiger partial charge < -0.3 is 9.88 Å². The molecule has 0 spiro atoms. The van der Waals surface area contributed by atoms with Gasteiger partial charge in [0.1, 0.15) is 5.65 Å². The molecule has 0 bridgehead atoms. The normalized spacial score (nSPS) is 12.8. The first kappa shape index (κ1) is 15.1. The van der Waals surface area contributed by atoms with Gasteiger partial charge in [-0.25, -0.2) is 4.98 Å². The minimum Gasteiger partial charge on any atom is -0.392 e. The third kappa shape index (κ3) is 2.77. The Morgan fingerprint density at radius 1 is 1.43 bits per heavy atom. The molecule has 0 aliphatic heterocycles. The second-order valence-electron chi connectivity index (χ2n) is 5.03. The van der Waals surface area contributed by atoms with E-state index in [4.69, 9.17) is 0 Å². The van der Waals surface area contributed by atoms with Gasteiger partial charge in [0.2, 0.25) is 0 Å². The van der Waals surface area contributed by atoms with E-state index in [0.29, 0.717) is 0 Å². The Kier molecular flexibility index (Phi) is 4.63. The largest absolute Gasteiger partial charge is 0.392 e. The Balaban J connectivity index is 2.71. The van der Waals surface area contributed by atoms with Crippen LogP contribution in [0.25, 0.3) is 16.6 Å². The van der Waals surface area contributed by atoms with Crippen LogP contribution in [0.5, 0.6) is 0 Å². The molecule has 2 heterocycles. The van der Waals surface area contributed by atoms with Crippen molar-refractivity contribution in [3.63, 3.8) is 0 Å². The minimum absolute atomic E-state index is 0.960. The Hall–Kier alpha value is -2.29. The number of nitrogens with zero attached hydrogens (tertiary/aromatic N) is 2. The van der Waals surface area contributed by atoms with Crippen LogP contribution in [-0.2, 0) is 13.5 Å². The topological polar surface area (TPSA) is 29.9 Å². The van der Waals surface area contributed by atoms with Crippen LogP contribution in [-0.4, -0.2) is 16.6 Å². The predicted octanol–water partition coefficient (Wildman–Crippen LogP) is 3.83. The minimum atomic E-state index is 0.960. The lowest BCUT2D eigenvalue weighted by atomic mass is 10.0. The van der Waals surface area contributed by atoms with E-state index in [1.807, 2.05) is 32.3 Å². The zero-order valence-corrected chi connectivity index (χ0v) is 13.3. The fourth-order valence-electron chi connectivity index (χ4n) is 2.60. The molecule has 0 unspecified atom stereocenters. The summed E-state index contributed by atoms with van der Waals surface area (Å²) in [5.41, 5.74) is 5.78. The zero-order valence-electron chi connectivity index (χ0n) is 13.3. The molecular weight excluding hydrogens is 258 g/mol. The number of hydrogen-bond donors (Lipinski definition) is 1. The second-order valence-corrected chi connectivity index (χ2v) is 5.03. The van der Waals surface area contributed by atoms with Gasteiger partial charge in [-0.2, -0.15) is 0 Å². The summed E-state index contributed by atoms with van der Waals surface area (Å²) in [6.07, 6.45) is 8.90. The van der Waals surface area contributed by atoms with Gasteiger partial charge in [-0.15, -0.1) is 0 Å². The van der Waals surface area contributed by atoms with Crippen molar-refractivity contribution < 1.29 is 0 Å². The van der Waals surface area contributed by atoms with Crippen LogP contribution >= 0.6 is 0 Å². The summed E-state index contributed by atoms with van der Waals surface area (Å²) in [4.78, 5) is 4.51. The van der Waals surface area contributed by atoms with Gasteiger partial charge in [0.25, 0.3) is 0 Å². The number of allylic oxidation sites excluding steroid dienone is 5. The van der Waals surface area contributed by atoms with Gasteiger partial charge in [-0.3, -0.25) is 0 Å². The first-order valence-electron chi connectivity index (χ1n) is 7.25. The first-order chi connectivity index (χ1) is 10.1. The number of pyridine rings is 1. The maximum atomic E-state index is 4.51. The Morgan fingerprint density at radius 3 is 2.81 bits per heavy atom. The number of fused-ring (bicyclic) bond motifs is 1. The third-order valence-electron chi connectivity index (χ3n) is 3.82. The highest BCUT2D eigenvalue weighted by Crippen LogP contribution is 2.31. The van der Waals surface area contributed by atoms with Gasteiger partial charge in [0.15, 0.2) is 0 Å². The number of aryl methyl sites for hydroxylation is 1. The van der Waals surface area contributed by atoms with Crippen molar-refractivity contribution in [3.05, 3.63) is 60.1 Å². The number of nitrogens with one attached hydrogen (secondary N) is 1. The third-order valence-corrected chi connectivity index (χ3v) is 3.82. The van der Waals surface area contributed by atoms with Crippen molar-refractivity contribution in [1.29, 1.82) is 0 Å². The SMILES string of the molecule is C=C/C(=C\C=C(/C)NC)c1c(CC)n(C)c2ncccc12. The molecule has 0 saturated carbocycles. The van der Waals surface area contributed by atoms with Crippen molar-refractivity contribution in [3.8, 4) is 0 Å². The number of aromatic nitrogens is 2. The van der Waals surface area contributed by atoms with Crippen molar-refractivity contribution in [2.24, 2.45) is 7.05 Å². The molecule has 110 valence electrons. The van der Waals surface area contributed by atoms with Gasteiger partial charge in [0, 0.05) is 42.6 Å². The summed E-state index contributed by atoms with van der Waals surface area (Å²) >= 11 is 0. The molecule has 3 heteroatoms. The average molecular weight is 281 g/mol. The van der Waals surface area contributed by atoms with Gasteiger partial charge in [0.05, 0.1) is 0 Å². The highest BCUT2D eigenvalue weighted by molar-refractivity contribution is 5.95. The van der Waals surface area contributed by atoms with Gasteiger partial charge in [-0.1, -0.05) is 25.7 Å². The first-order valence-corrected chi connectivity index (χ1v) is 7.25. The van der Waals surface area contributed by atoms with Crippen molar-refractivity contribution in [2.75, 3.05) is 7.05 Å². The van der Waals surface area contributed by atoms with Crippen LogP contribution in [0.1, 0.15) is 25.1 Å². The van der Waals surface area contributed by atoms with E-state index in [0.717, 1.165) is 23.3 Å². The van der Waals surface area contributed by atoms with Crippen LogP contribution in [0.4, 0.5) is 0 Å². The Morgan fingerprint density at radius 2 is 2.19 bits per heavy atom. The van der Waals surface area contributed by atoms with Crippen molar-refractivity contribution in [1.82, 2.24) is 14.9 Å². The monoisotopic (exact) mass is 281 g/mol. The molecule has 0 amide bonds. The molecule has 2 aromatic heterocycles. The van der Waals surface area contributed by atoms with Crippen LogP contribution in [0, 0.1) is 0 Å². The average Bonchev–Trinajstić information content (AvgIpc) is 2.81. The highest BCUT2D eigenvalue weighted by Gasteiger charge is 2.15. The van der Waals surface area contributed by atoms with Crippen LogP contribution < -0.4 is 5.32 Å². The van der Waals surface area contributed by atoms with Crippen molar-refractivity contribution >= 4 is 16.6 Å². The lowest BCUT2D eigenvalue weighted by Crippen LogP contribution is -2.00. The van der Waals surface area contributed by atoms with E-state index in [9.17, 15) is 0 Å². The molecule has 0 atom stereocenters. The summed E-state index contributed by atoms with van der Waals surface area (Å²) in [5, 5.41) is 4.31. The molecular formula is C18H23N3. The summed E-state index contributed by atoms with van der Waals surface area (Å²) in [5.74, 6) is 0. The van der Waals surface area contributed by atoms with E-state index in [1.165, 1.54) is 16.6 Å². The summed E-state index contributed by atoms with van der Waals surface area (Å²) in [7, 11) is 4.00. The van der Waals surface area contributed by atoms with Gasteiger partial charge >= 0.3 is 0 Å². The fourth-order valence-corrected chi connectivity index (χ4v) is 2.60. The lowest BCUT2D eigenvalue weighted by molar-refractivity contribution is 0.851. The molecule has 21 heavy (non-hydrogen) atoms. The Labute approximate surface area is 126 Å². The zero-order chi connectivity index (χ0) is 15.4. The highest BCUT2D eigenvalue weighted by atomic mass is 15.0. The summed E-state index contributed by atoms with van der Waals surface area (Å²) in [6.45, 7) is 8.20. The van der Waals surface area contributed by atoms with Crippen LogP contribution in [0.2, 0.25) is 0 Å². The fraction of sp³-hybridized carbons (Fsp3) is 0.278. The molecule has 0 saturated heterocycles. The van der Waals surface area contributed by atoms with Crippen molar-refractivity contribution in [2.45, 2.75) is 20.3 Å². The van der Waals surface area contributed by atoms with E-state index in [2.05, 4.69) is 53.6 Å². The number of rotatable bonds is 5. The second kappa shape index (κ2) is 6.44. The summed E-state index contributed by atoms with van der Waals surface area (Å²) in [6, 6.07) is 4.11. The van der Waals surface area contributed by atoms with Gasteiger partial charge in [-0.05, 0) is 37.1 Å². The standard InChI is InChI=1S/C18H23N3/c1-6-14(11-10-13(3)19-4)17-15-9-8-12-20-18(15)21(5)16(17)7-2/h6,8-12,19H,1,7H2,2-5H3/b13-10+,14-11+. The molecule has 0 radical (unpaired) electrons. The lowest BCUT2D eigenvalue weighted by Gasteiger charge is -2.06. The smallest absolute Gasteiger partial charge is 0.140 e. The molecule has 0 fully saturated rings. The van der Waals surface area contributed by atoms with E-state index >= 15 is 0 Å². The Bertz CT molecular complexity index is 717. The van der Waals surface area contributed by atoms with Crippen LogP contribution in [0.15, 0.2) is 48.8 Å². The maximum Gasteiger partial charge on any atom is 0.140 e. The maximum absolute atomic E-state index is 4.51. The quantitative estimate of drug-likeness (QED) is 0.844.